The third kappa shape index (κ3) is 2.37. The van der Waals surface area contributed by atoms with Crippen molar-refractivity contribution < 1.29 is 4.74 Å². The maximum absolute atomic E-state index is 6.33. The Morgan fingerprint density at radius 1 is 1.52 bits per heavy atom. The average molecular weight is 345 g/mol. The Balaban J connectivity index is 2.09. The number of rotatable bonds is 2. The SMILES string of the molecule is CCC(C)N1C(=S)NC2CC1(C)Oc1c(Cl)cc(Cl)cc12. The number of hydrogen-bond acceptors (Lipinski definition) is 2. The van der Waals surface area contributed by atoms with Crippen LogP contribution in [0.15, 0.2) is 12.1 Å². The minimum atomic E-state index is -0.479. The van der Waals surface area contributed by atoms with Gasteiger partial charge in [-0.2, -0.15) is 0 Å². The highest BCUT2D eigenvalue weighted by Gasteiger charge is 2.49. The minimum Gasteiger partial charge on any atom is -0.466 e. The Morgan fingerprint density at radius 3 is 2.90 bits per heavy atom. The maximum Gasteiger partial charge on any atom is 0.184 e. The van der Waals surface area contributed by atoms with E-state index in [9.17, 15) is 0 Å². The molecule has 0 radical (unpaired) electrons. The number of thiocarbonyl (C=S) groups is 1. The van der Waals surface area contributed by atoms with E-state index < -0.39 is 5.72 Å². The van der Waals surface area contributed by atoms with Crippen molar-refractivity contribution in [3.8, 4) is 5.75 Å². The highest BCUT2D eigenvalue weighted by Crippen LogP contribution is 2.48. The summed E-state index contributed by atoms with van der Waals surface area (Å²) < 4.78 is 6.29. The summed E-state index contributed by atoms with van der Waals surface area (Å²) >= 11 is 18.0. The van der Waals surface area contributed by atoms with Crippen LogP contribution in [0.4, 0.5) is 0 Å². The van der Waals surface area contributed by atoms with Gasteiger partial charge in [-0.25, -0.2) is 0 Å². The van der Waals surface area contributed by atoms with Crippen molar-refractivity contribution in [3.63, 3.8) is 0 Å². The quantitative estimate of drug-likeness (QED) is 0.797. The third-order valence-corrected chi connectivity index (χ3v) is 5.19. The highest BCUT2D eigenvalue weighted by molar-refractivity contribution is 7.80. The summed E-state index contributed by atoms with van der Waals surface area (Å²) in [5.41, 5.74) is 0.503. The van der Waals surface area contributed by atoms with Gasteiger partial charge in [0.25, 0.3) is 0 Å². The Kier molecular flexibility index (Phi) is 3.75. The molecule has 2 aliphatic heterocycles. The second kappa shape index (κ2) is 5.18. The van der Waals surface area contributed by atoms with Crippen molar-refractivity contribution in [2.75, 3.05) is 0 Å². The van der Waals surface area contributed by atoms with Crippen LogP contribution in [0.1, 0.15) is 45.2 Å². The van der Waals surface area contributed by atoms with Crippen LogP contribution < -0.4 is 10.1 Å². The lowest BCUT2D eigenvalue weighted by Gasteiger charge is -2.54. The van der Waals surface area contributed by atoms with Gasteiger partial charge in [0.1, 0.15) is 5.75 Å². The van der Waals surface area contributed by atoms with E-state index in [-0.39, 0.29) is 6.04 Å². The van der Waals surface area contributed by atoms with Crippen molar-refractivity contribution in [2.45, 2.75) is 51.4 Å². The van der Waals surface area contributed by atoms with Crippen LogP contribution in [0, 0.1) is 0 Å². The van der Waals surface area contributed by atoms with Crippen LogP contribution in [-0.2, 0) is 0 Å². The zero-order valence-electron chi connectivity index (χ0n) is 12.2. The van der Waals surface area contributed by atoms with E-state index in [1.54, 1.807) is 6.07 Å². The van der Waals surface area contributed by atoms with Gasteiger partial charge >= 0.3 is 0 Å². The zero-order chi connectivity index (χ0) is 15.4. The number of hydrogen-bond donors (Lipinski definition) is 1. The normalized spacial score (nSPS) is 28.5. The van der Waals surface area contributed by atoms with Gasteiger partial charge in [0.2, 0.25) is 0 Å². The zero-order valence-corrected chi connectivity index (χ0v) is 14.6. The fourth-order valence-electron chi connectivity index (χ4n) is 3.26. The van der Waals surface area contributed by atoms with Gasteiger partial charge in [-0.05, 0) is 44.6 Å². The summed E-state index contributed by atoms with van der Waals surface area (Å²) in [5.74, 6) is 0.711. The van der Waals surface area contributed by atoms with Gasteiger partial charge in [0, 0.05) is 23.0 Å². The lowest BCUT2D eigenvalue weighted by Crippen LogP contribution is -2.66. The molecular formula is C15H18Cl2N2OS. The Morgan fingerprint density at radius 2 is 2.24 bits per heavy atom. The Labute approximate surface area is 140 Å². The van der Waals surface area contributed by atoms with E-state index in [2.05, 4.69) is 31.0 Å². The summed E-state index contributed by atoms with van der Waals surface area (Å²) in [6, 6.07) is 4.01. The molecule has 3 rings (SSSR count). The average Bonchev–Trinajstić information content (AvgIpc) is 2.39. The van der Waals surface area contributed by atoms with Crippen LogP contribution in [0.25, 0.3) is 0 Å². The predicted molar refractivity (Wildman–Crippen MR) is 90.2 cm³/mol. The molecule has 0 saturated carbocycles. The maximum atomic E-state index is 6.33. The van der Waals surface area contributed by atoms with Crippen LogP contribution >= 0.6 is 35.4 Å². The summed E-state index contributed by atoms with van der Waals surface area (Å²) in [6.45, 7) is 6.38. The van der Waals surface area contributed by atoms with Crippen molar-refractivity contribution in [2.24, 2.45) is 0 Å². The molecule has 114 valence electrons. The van der Waals surface area contributed by atoms with E-state index in [0.717, 1.165) is 23.5 Å². The van der Waals surface area contributed by atoms with Crippen LogP contribution in [-0.4, -0.2) is 21.8 Å². The third-order valence-electron chi connectivity index (χ3n) is 4.38. The lowest BCUT2D eigenvalue weighted by atomic mass is 9.89. The Bertz CT molecular complexity index is 610. The predicted octanol–water partition coefficient (Wildman–Crippen LogP) is 4.52. The van der Waals surface area contributed by atoms with E-state index in [0.29, 0.717) is 21.8 Å². The van der Waals surface area contributed by atoms with E-state index in [1.807, 2.05) is 6.07 Å². The largest absolute Gasteiger partial charge is 0.466 e. The second-order valence-electron chi connectivity index (χ2n) is 5.92. The molecule has 2 aliphatic rings. The molecule has 1 aromatic rings. The van der Waals surface area contributed by atoms with Gasteiger partial charge in [-0.3, -0.25) is 0 Å². The first-order chi connectivity index (χ1) is 9.85. The van der Waals surface area contributed by atoms with Gasteiger partial charge in [-0.1, -0.05) is 30.1 Å². The molecule has 3 unspecified atom stereocenters. The van der Waals surface area contributed by atoms with E-state index in [4.69, 9.17) is 40.2 Å². The molecule has 21 heavy (non-hydrogen) atoms. The molecule has 0 amide bonds. The molecule has 0 aliphatic carbocycles. The van der Waals surface area contributed by atoms with E-state index in [1.165, 1.54) is 0 Å². The molecule has 3 atom stereocenters. The number of nitrogens with one attached hydrogen (secondary N) is 1. The van der Waals surface area contributed by atoms with Crippen molar-refractivity contribution in [1.29, 1.82) is 0 Å². The standard InChI is InChI=1S/C15H18Cl2N2OS/c1-4-8(2)19-14(21)18-12-7-15(19,3)20-13-10(12)5-9(16)6-11(13)17/h5-6,8,12H,4,7H2,1-3H3,(H,18,21). The first kappa shape index (κ1) is 15.2. The minimum absolute atomic E-state index is 0.0859. The molecule has 0 spiro atoms. The second-order valence-corrected chi connectivity index (χ2v) is 7.15. The molecule has 1 aromatic carbocycles. The van der Waals surface area contributed by atoms with E-state index >= 15 is 0 Å². The molecule has 1 N–H and O–H groups in total. The molecule has 1 saturated heterocycles. The number of halogens is 2. The molecular weight excluding hydrogens is 327 g/mol. The summed E-state index contributed by atoms with van der Waals surface area (Å²) in [7, 11) is 0. The van der Waals surface area contributed by atoms with Gasteiger partial charge in [0.05, 0.1) is 11.1 Å². The van der Waals surface area contributed by atoms with Gasteiger partial charge in [0.15, 0.2) is 10.8 Å². The molecule has 2 bridgehead atoms. The number of nitrogens with zero attached hydrogens (tertiary/aromatic N) is 1. The Hall–Kier alpha value is -0.710. The molecule has 3 nitrogen and oxygen atoms in total. The van der Waals surface area contributed by atoms with Crippen molar-refractivity contribution in [1.82, 2.24) is 10.2 Å². The fourth-order valence-corrected chi connectivity index (χ4v) is 4.32. The first-order valence-electron chi connectivity index (χ1n) is 7.13. The van der Waals surface area contributed by atoms with Crippen LogP contribution in [0.3, 0.4) is 0 Å². The number of fused-ring (bicyclic) bond motifs is 4. The summed E-state index contributed by atoms with van der Waals surface area (Å²) in [6.07, 6.45) is 1.80. The van der Waals surface area contributed by atoms with Gasteiger partial charge < -0.3 is 15.0 Å². The van der Waals surface area contributed by atoms with Crippen molar-refractivity contribution >= 4 is 40.5 Å². The lowest BCUT2D eigenvalue weighted by molar-refractivity contribution is -0.0839. The van der Waals surface area contributed by atoms with Crippen LogP contribution in [0.5, 0.6) is 5.75 Å². The topological polar surface area (TPSA) is 24.5 Å². The molecule has 0 aromatic heterocycles. The summed E-state index contributed by atoms with van der Waals surface area (Å²) in [5, 5.41) is 5.30. The number of benzene rings is 1. The summed E-state index contributed by atoms with van der Waals surface area (Å²) in [4.78, 5) is 2.15. The smallest absolute Gasteiger partial charge is 0.184 e. The van der Waals surface area contributed by atoms with Gasteiger partial charge in [-0.15, -0.1) is 0 Å². The number of ether oxygens (including phenoxy) is 1. The monoisotopic (exact) mass is 344 g/mol. The first-order valence-corrected chi connectivity index (χ1v) is 8.30. The van der Waals surface area contributed by atoms with Crippen molar-refractivity contribution in [3.05, 3.63) is 27.7 Å². The molecule has 1 fully saturated rings. The molecule has 2 heterocycles. The van der Waals surface area contributed by atoms with Crippen LogP contribution in [0.2, 0.25) is 10.0 Å². The molecule has 6 heteroatoms. The highest BCUT2D eigenvalue weighted by atomic mass is 35.5. The fraction of sp³-hybridized carbons (Fsp3) is 0.533.